The van der Waals surface area contributed by atoms with E-state index in [1.165, 1.54) is 0 Å². The Bertz CT molecular complexity index is 599. The lowest BCUT2D eigenvalue weighted by Crippen LogP contribution is -2.24. The molecule has 0 saturated carbocycles. The molecule has 1 atom stereocenters. The highest BCUT2D eigenvalue weighted by molar-refractivity contribution is 6.35. The smallest absolute Gasteiger partial charge is 0.138 e. The van der Waals surface area contributed by atoms with Crippen LogP contribution in [0, 0.1) is 13.8 Å². The molecule has 0 saturated heterocycles. The fourth-order valence-corrected chi connectivity index (χ4v) is 2.35. The summed E-state index contributed by atoms with van der Waals surface area (Å²) in [6.45, 7) is 4.38. The van der Waals surface area contributed by atoms with E-state index in [4.69, 9.17) is 27.9 Å². The molecule has 20 heavy (non-hydrogen) atoms. The van der Waals surface area contributed by atoms with Crippen LogP contribution in [0.1, 0.15) is 11.4 Å². The molecule has 0 amide bonds. The molecule has 0 aliphatic rings. The van der Waals surface area contributed by atoms with E-state index in [1.807, 2.05) is 19.9 Å². The minimum absolute atomic E-state index is 0.139. The van der Waals surface area contributed by atoms with Gasteiger partial charge in [0, 0.05) is 10.7 Å². The molecule has 1 aromatic heterocycles. The van der Waals surface area contributed by atoms with Crippen LogP contribution in [0.3, 0.4) is 0 Å². The molecule has 1 aromatic carbocycles. The van der Waals surface area contributed by atoms with Gasteiger partial charge in [0.05, 0.1) is 17.3 Å². The zero-order chi connectivity index (χ0) is 14.7. The van der Waals surface area contributed by atoms with Gasteiger partial charge < -0.3 is 9.84 Å². The number of aromatic nitrogens is 2. The number of nitrogens with zero attached hydrogens (tertiary/aromatic N) is 2. The van der Waals surface area contributed by atoms with E-state index in [0.717, 1.165) is 11.4 Å². The largest absolute Gasteiger partial charge is 0.489 e. The second kappa shape index (κ2) is 6.48. The molecule has 0 fully saturated rings. The molecule has 6 heteroatoms. The van der Waals surface area contributed by atoms with Crippen molar-refractivity contribution in [3.63, 3.8) is 0 Å². The van der Waals surface area contributed by atoms with Crippen LogP contribution in [-0.2, 0) is 6.54 Å². The predicted molar refractivity (Wildman–Crippen MR) is 79.7 cm³/mol. The predicted octanol–water partition coefficient (Wildman–Crippen LogP) is 3.25. The highest BCUT2D eigenvalue weighted by Crippen LogP contribution is 2.27. The van der Waals surface area contributed by atoms with Crippen molar-refractivity contribution in [2.45, 2.75) is 26.5 Å². The summed E-state index contributed by atoms with van der Waals surface area (Å²) >= 11 is 11.8. The van der Waals surface area contributed by atoms with Crippen molar-refractivity contribution in [1.82, 2.24) is 9.78 Å². The summed E-state index contributed by atoms with van der Waals surface area (Å²) in [7, 11) is 0. The Balaban J connectivity index is 1.92. The first-order valence-electron chi connectivity index (χ1n) is 6.22. The normalized spacial score (nSPS) is 12.4. The monoisotopic (exact) mass is 314 g/mol. The van der Waals surface area contributed by atoms with Crippen LogP contribution in [0.25, 0.3) is 0 Å². The molecule has 1 N–H and O–H groups in total. The first-order valence-corrected chi connectivity index (χ1v) is 6.98. The molecule has 0 bridgehead atoms. The molecule has 2 aromatic rings. The first-order chi connectivity index (χ1) is 9.45. The third kappa shape index (κ3) is 3.88. The Labute approximate surface area is 127 Å². The number of aliphatic hydroxyl groups is 1. The Hall–Kier alpha value is -1.23. The molecule has 4 nitrogen and oxygen atoms in total. The number of hydrogen-bond donors (Lipinski definition) is 1. The standard InChI is InChI=1S/C14H16Cl2N2O2/c1-9-5-10(2)18(17-9)7-12(19)8-20-14-4-3-11(15)6-13(14)16/h3-6,12,19H,7-8H2,1-2H3/t12-/m1/s1. The highest BCUT2D eigenvalue weighted by Gasteiger charge is 2.11. The number of aliphatic hydroxyl groups excluding tert-OH is 1. The van der Waals surface area contributed by atoms with Crippen molar-refractivity contribution >= 4 is 23.2 Å². The summed E-state index contributed by atoms with van der Waals surface area (Å²) in [5.74, 6) is 0.503. The average Bonchev–Trinajstić information content (AvgIpc) is 2.66. The van der Waals surface area contributed by atoms with Crippen LogP contribution in [0.15, 0.2) is 24.3 Å². The van der Waals surface area contributed by atoms with E-state index in [0.29, 0.717) is 22.3 Å². The SMILES string of the molecule is Cc1cc(C)n(C[C@@H](O)COc2ccc(Cl)cc2Cl)n1. The Morgan fingerprint density at radius 2 is 2.05 bits per heavy atom. The summed E-state index contributed by atoms with van der Waals surface area (Å²) in [5, 5.41) is 15.3. The zero-order valence-corrected chi connectivity index (χ0v) is 12.8. The van der Waals surface area contributed by atoms with Gasteiger partial charge in [-0.25, -0.2) is 0 Å². The van der Waals surface area contributed by atoms with Crippen molar-refractivity contribution in [2.75, 3.05) is 6.61 Å². The van der Waals surface area contributed by atoms with Crippen molar-refractivity contribution in [3.8, 4) is 5.75 Å². The Morgan fingerprint density at radius 3 is 2.65 bits per heavy atom. The van der Waals surface area contributed by atoms with E-state index in [9.17, 15) is 5.11 Å². The topological polar surface area (TPSA) is 47.3 Å². The van der Waals surface area contributed by atoms with E-state index in [1.54, 1.807) is 22.9 Å². The Kier molecular flexibility index (Phi) is 4.91. The van der Waals surface area contributed by atoms with Crippen molar-refractivity contribution in [1.29, 1.82) is 0 Å². The van der Waals surface area contributed by atoms with Crippen LogP contribution in [0.2, 0.25) is 10.0 Å². The number of hydrogen-bond acceptors (Lipinski definition) is 3. The average molecular weight is 315 g/mol. The van der Waals surface area contributed by atoms with Gasteiger partial charge in [0.15, 0.2) is 0 Å². The van der Waals surface area contributed by atoms with Gasteiger partial charge in [-0.15, -0.1) is 0 Å². The number of aryl methyl sites for hydroxylation is 2. The van der Waals surface area contributed by atoms with E-state index < -0.39 is 6.10 Å². The number of ether oxygens (including phenoxy) is 1. The fourth-order valence-electron chi connectivity index (χ4n) is 1.89. The van der Waals surface area contributed by atoms with Crippen LogP contribution in [0.4, 0.5) is 0 Å². The lowest BCUT2D eigenvalue weighted by atomic mass is 10.3. The minimum atomic E-state index is -0.667. The summed E-state index contributed by atoms with van der Waals surface area (Å²) < 4.78 is 7.25. The molecule has 0 radical (unpaired) electrons. The molecule has 0 aliphatic carbocycles. The van der Waals surface area contributed by atoms with Crippen LogP contribution < -0.4 is 4.74 Å². The zero-order valence-electron chi connectivity index (χ0n) is 11.3. The van der Waals surface area contributed by atoms with Gasteiger partial charge in [0.1, 0.15) is 18.5 Å². The maximum atomic E-state index is 9.99. The molecule has 1 heterocycles. The summed E-state index contributed by atoms with van der Waals surface area (Å²) in [5.41, 5.74) is 1.93. The Morgan fingerprint density at radius 1 is 1.30 bits per heavy atom. The second-order valence-corrected chi connectivity index (χ2v) is 5.49. The molecule has 2 rings (SSSR count). The lowest BCUT2D eigenvalue weighted by Gasteiger charge is -2.14. The third-order valence-electron chi connectivity index (χ3n) is 2.81. The maximum Gasteiger partial charge on any atom is 0.138 e. The van der Waals surface area contributed by atoms with Gasteiger partial charge >= 0.3 is 0 Å². The summed E-state index contributed by atoms with van der Waals surface area (Å²) in [4.78, 5) is 0. The summed E-state index contributed by atoms with van der Waals surface area (Å²) in [6, 6.07) is 6.94. The molecule has 0 aliphatic heterocycles. The van der Waals surface area contributed by atoms with Crippen molar-refractivity contribution < 1.29 is 9.84 Å². The van der Waals surface area contributed by atoms with Gasteiger partial charge in [0.25, 0.3) is 0 Å². The maximum absolute atomic E-state index is 9.99. The van der Waals surface area contributed by atoms with Crippen LogP contribution >= 0.6 is 23.2 Å². The van der Waals surface area contributed by atoms with Crippen molar-refractivity contribution in [3.05, 3.63) is 45.7 Å². The van der Waals surface area contributed by atoms with Crippen LogP contribution in [0.5, 0.6) is 5.75 Å². The van der Waals surface area contributed by atoms with Gasteiger partial charge in [-0.1, -0.05) is 23.2 Å². The highest BCUT2D eigenvalue weighted by atomic mass is 35.5. The second-order valence-electron chi connectivity index (χ2n) is 4.65. The molecular weight excluding hydrogens is 299 g/mol. The molecular formula is C14H16Cl2N2O2. The fraction of sp³-hybridized carbons (Fsp3) is 0.357. The first kappa shape index (κ1) is 15.2. The van der Waals surface area contributed by atoms with Gasteiger partial charge in [-0.3, -0.25) is 4.68 Å². The third-order valence-corrected chi connectivity index (χ3v) is 3.34. The molecule has 108 valence electrons. The van der Waals surface area contributed by atoms with E-state index in [2.05, 4.69) is 5.10 Å². The van der Waals surface area contributed by atoms with Gasteiger partial charge in [-0.05, 0) is 38.1 Å². The molecule has 0 unspecified atom stereocenters. The lowest BCUT2D eigenvalue weighted by molar-refractivity contribution is 0.0887. The van der Waals surface area contributed by atoms with Gasteiger partial charge in [0.2, 0.25) is 0 Å². The number of halogens is 2. The van der Waals surface area contributed by atoms with Crippen molar-refractivity contribution in [2.24, 2.45) is 0 Å². The van der Waals surface area contributed by atoms with E-state index in [-0.39, 0.29) is 6.61 Å². The number of rotatable bonds is 5. The van der Waals surface area contributed by atoms with Crippen LogP contribution in [-0.4, -0.2) is 27.6 Å². The van der Waals surface area contributed by atoms with E-state index >= 15 is 0 Å². The minimum Gasteiger partial charge on any atom is -0.489 e. The quantitative estimate of drug-likeness (QED) is 0.921. The summed E-state index contributed by atoms with van der Waals surface area (Å²) in [6.07, 6.45) is -0.667. The molecule has 0 spiro atoms. The van der Waals surface area contributed by atoms with Gasteiger partial charge in [-0.2, -0.15) is 5.10 Å². The number of benzene rings is 1.